The molecule has 1 aliphatic carbocycles. The van der Waals surface area contributed by atoms with Crippen LogP contribution in [0.5, 0.6) is 0 Å². The quantitative estimate of drug-likeness (QED) is 0.563. The maximum absolute atomic E-state index is 12.5. The van der Waals surface area contributed by atoms with Gasteiger partial charge in [-0.25, -0.2) is 4.79 Å². The third kappa shape index (κ3) is 5.02. The van der Waals surface area contributed by atoms with Crippen molar-refractivity contribution in [1.82, 2.24) is 5.32 Å². The fraction of sp³-hybridized carbons (Fsp3) is 0.261. The van der Waals surface area contributed by atoms with Crippen molar-refractivity contribution in [3.63, 3.8) is 0 Å². The normalized spacial score (nSPS) is 14.4. The molecular weight excluding hydrogens is 352 g/mol. The number of ether oxygens (including phenoxy) is 1. The largest absolute Gasteiger partial charge is 0.467 e. The second-order valence-electron chi connectivity index (χ2n) is 7.10. The minimum atomic E-state index is -0.186. The van der Waals surface area contributed by atoms with Gasteiger partial charge in [0.1, 0.15) is 12.4 Å². The van der Waals surface area contributed by atoms with Gasteiger partial charge in [-0.05, 0) is 54.2 Å². The van der Waals surface area contributed by atoms with E-state index in [1.807, 2.05) is 54.6 Å². The first kappa shape index (κ1) is 18.3. The van der Waals surface area contributed by atoms with Crippen molar-refractivity contribution in [3.8, 4) is 0 Å². The van der Waals surface area contributed by atoms with Gasteiger partial charge in [0.15, 0.2) is 0 Å². The van der Waals surface area contributed by atoms with Gasteiger partial charge in [-0.1, -0.05) is 42.5 Å². The molecule has 0 bridgehead atoms. The molecule has 0 aliphatic heterocycles. The van der Waals surface area contributed by atoms with Crippen LogP contribution in [0, 0.1) is 5.92 Å². The number of hydrogen-bond donors (Lipinski definition) is 2. The van der Waals surface area contributed by atoms with E-state index in [1.165, 1.54) is 0 Å². The molecule has 1 saturated carbocycles. The van der Waals surface area contributed by atoms with E-state index >= 15 is 0 Å². The van der Waals surface area contributed by atoms with Crippen LogP contribution in [0.2, 0.25) is 0 Å². The average Bonchev–Trinajstić information content (AvgIpc) is 3.43. The molecule has 144 valence electrons. The SMILES string of the molecule is O=C(Nc1cccc(COCc2ccco2)c1)NC(c1ccccc1)C1CC1. The smallest absolute Gasteiger partial charge is 0.319 e. The Bertz CT molecular complexity index is 889. The van der Waals surface area contributed by atoms with Gasteiger partial charge < -0.3 is 19.8 Å². The van der Waals surface area contributed by atoms with Gasteiger partial charge in [0, 0.05) is 5.69 Å². The lowest BCUT2D eigenvalue weighted by Crippen LogP contribution is -2.33. The highest BCUT2D eigenvalue weighted by Gasteiger charge is 2.33. The van der Waals surface area contributed by atoms with Gasteiger partial charge in [0.05, 0.1) is 18.9 Å². The number of carbonyl (C=O) groups excluding carboxylic acids is 1. The summed E-state index contributed by atoms with van der Waals surface area (Å²) in [7, 11) is 0. The lowest BCUT2D eigenvalue weighted by molar-refractivity contribution is 0.0930. The molecule has 2 aromatic carbocycles. The summed E-state index contributed by atoms with van der Waals surface area (Å²) >= 11 is 0. The Balaban J connectivity index is 1.32. The molecule has 1 aromatic heterocycles. The summed E-state index contributed by atoms with van der Waals surface area (Å²) in [6, 6.07) is 21.4. The molecular formula is C23H24N2O3. The first-order valence-electron chi connectivity index (χ1n) is 9.59. The van der Waals surface area contributed by atoms with Gasteiger partial charge in [-0.15, -0.1) is 0 Å². The fourth-order valence-electron chi connectivity index (χ4n) is 3.27. The highest BCUT2D eigenvalue weighted by molar-refractivity contribution is 5.89. The standard InChI is InChI=1S/C23H24N2O3/c26-23(25-22(19-11-12-19)18-7-2-1-3-8-18)24-20-9-4-6-17(14-20)15-27-16-21-10-5-13-28-21/h1-10,13-14,19,22H,11-12,15-16H2,(H2,24,25,26). The van der Waals surface area contributed by atoms with Crippen LogP contribution in [0.25, 0.3) is 0 Å². The number of carbonyl (C=O) groups is 1. The predicted octanol–water partition coefficient (Wildman–Crippen LogP) is 5.27. The summed E-state index contributed by atoms with van der Waals surface area (Å²) in [6.45, 7) is 0.873. The molecule has 3 aromatic rings. The highest BCUT2D eigenvalue weighted by Crippen LogP contribution is 2.40. The van der Waals surface area contributed by atoms with Crippen molar-refractivity contribution in [2.75, 3.05) is 5.32 Å². The molecule has 1 fully saturated rings. The summed E-state index contributed by atoms with van der Waals surface area (Å²) in [6.07, 6.45) is 3.94. The maximum Gasteiger partial charge on any atom is 0.319 e. The van der Waals surface area contributed by atoms with E-state index in [1.54, 1.807) is 6.26 Å². The lowest BCUT2D eigenvalue weighted by atomic mass is 10.0. The van der Waals surface area contributed by atoms with E-state index in [0.29, 0.717) is 19.1 Å². The minimum Gasteiger partial charge on any atom is -0.467 e. The Morgan fingerprint density at radius 2 is 1.89 bits per heavy atom. The van der Waals surface area contributed by atoms with Gasteiger partial charge in [0.25, 0.3) is 0 Å². The Labute approximate surface area is 164 Å². The number of rotatable bonds is 8. The number of furan rings is 1. The number of anilines is 1. The van der Waals surface area contributed by atoms with Crippen molar-refractivity contribution in [2.24, 2.45) is 5.92 Å². The molecule has 1 unspecified atom stereocenters. The van der Waals surface area contributed by atoms with E-state index in [4.69, 9.17) is 9.15 Å². The summed E-state index contributed by atoms with van der Waals surface area (Å²) in [5, 5.41) is 6.08. The molecule has 1 heterocycles. The van der Waals surface area contributed by atoms with Crippen molar-refractivity contribution >= 4 is 11.7 Å². The lowest BCUT2D eigenvalue weighted by Gasteiger charge is -2.19. The van der Waals surface area contributed by atoms with Gasteiger partial charge in [-0.3, -0.25) is 0 Å². The van der Waals surface area contributed by atoms with Crippen LogP contribution >= 0.6 is 0 Å². The van der Waals surface area contributed by atoms with Crippen LogP contribution in [-0.2, 0) is 18.0 Å². The molecule has 28 heavy (non-hydrogen) atoms. The zero-order valence-electron chi connectivity index (χ0n) is 15.6. The molecule has 1 aliphatic rings. The summed E-state index contributed by atoms with van der Waals surface area (Å²) in [4.78, 5) is 12.5. The van der Waals surface area contributed by atoms with Gasteiger partial charge >= 0.3 is 6.03 Å². The van der Waals surface area contributed by atoms with E-state index in [0.717, 1.165) is 35.4 Å². The Morgan fingerprint density at radius 1 is 1.04 bits per heavy atom. The molecule has 2 N–H and O–H groups in total. The highest BCUT2D eigenvalue weighted by atomic mass is 16.5. The van der Waals surface area contributed by atoms with E-state index in [9.17, 15) is 4.79 Å². The minimum absolute atomic E-state index is 0.0565. The Hall–Kier alpha value is -3.05. The molecule has 0 radical (unpaired) electrons. The molecule has 5 nitrogen and oxygen atoms in total. The maximum atomic E-state index is 12.5. The van der Waals surface area contributed by atoms with Crippen molar-refractivity contribution in [2.45, 2.75) is 32.1 Å². The average molecular weight is 376 g/mol. The second kappa shape index (κ2) is 8.76. The topological polar surface area (TPSA) is 63.5 Å². The first-order valence-corrected chi connectivity index (χ1v) is 9.59. The summed E-state index contributed by atoms with van der Waals surface area (Å²) in [5.74, 6) is 1.31. The Kier molecular flexibility index (Phi) is 5.73. The predicted molar refractivity (Wildman–Crippen MR) is 108 cm³/mol. The van der Waals surface area contributed by atoms with Crippen LogP contribution in [0.15, 0.2) is 77.4 Å². The third-order valence-corrected chi connectivity index (χ3v) is 4.82. The molecule has 4 rings (SSSR count). The molecule has 0 spiro atoms. The molecule has 1 atom stereocenters. The summed E-state index contributed by atoms with van der Waals surface area (Å²) in [5.41, 5.74) is 2.89. The number of benzene rings is 2. The van der Waals surface area contributed by atoms with Crippen LogP contribution < -0.4 is 10.6 Å². The second-order valence-corrected chi connectivity index (χ2v) is 7.10. The van der Waals surface area contributed by atoms with E-state index in [-0.39, 0.29) is 12.1 Å². The van der Waals surface area contributed by atoms with Crippen molar-refractivity contribution in [1.29, 1.82) is 0 Å². The zero-order valence-corrected chi connectivity index (χ0v) is 15.6. The fourth-order valence-corrected chi connectivity index (χ4v) is 3.27. The van der Waals surface area contributed by atoms with Gasteiger partial charge in [-0.2, -0.15) is 0 Å². The summed E-state index contributed by atoms with van der Waals surface area (Å²) < 4.78 is 10.9. The van der Waals surface area contributed by atoms with Crippen LogP contribution in [0.4, 0.5) is 10.5 Å². The zero-order chi connectivity index (χ0) is 19.2. The number of amides is 2. The number of urea groups is 1. The Morgan fingerprint density at radius 3 is 2.64 bits per heavy atom. The monoisotopic (exact) mass is 376 g/mol. The van der Waals surface area contributed by atoms with Crippen molar-refractivity contribution < 1.29 is 13.9 Å². The molecule has 0 saturated heterocycles. The van der Waals surface area contributed by atoms with E-state index < -0.39 is 0 Å². The first-order chi connectivity index (χ1) is 13.8. The number of hydrogen-bond acceptors (Lipinski definition) is 3. The van der Waals surface area contributed by atoms with Crippen LogP contribution in [0.1, 0.15) is 35.8 Å². The van der Waals surface area contributed by atoms with Crippen molar-refractivity contribution in [3.05, 3.63) is 89.9 Å². The third-order valence-electron chi connectivity index (χ3n) is 4.82. The van der Waals surface area contributed by atoms with Crippen LogP contribution in [-0.4, -0.2) is 6.03 Å². The van der Waals surface area contributed by atoms with Crippen LogP contribution in [0.3, 0.4) is 0 Å². The molecule has 2 amide bonds. The van der Waals surface area contributed by atoms with Gasteiger partial charge in [0.2, 0.25) is 0 Å². The molecule has 5 heteroatoms. The van der Waals surface area contributed by atoms with E-state index in [2.05, 4.69) is 22.8 Å². The number of nitrogens with one attached hydrogen (secondary N) is 2.